The average molecular weight is 359 g/mol. The van der Waals surface area contributed by atoms with E-state index in [9.17, 15) is 22.8 Å². The second-order valence-corrected chi connectivity index (χ2v) is 5.95. The van der Waals surface area contributed by atoms with Crippen molar-refractivity contribution in [3.8, 4) is 5.75 Å². The van der Waals surface area contributed by atoms with E-state index in [1.165, 1.54) is 18.2 Å². The van der Waals surface area contributed by atoms with Crippen LogP contribution < -0.4 is 15.8 Å². The number of rotatable bonds is 6. The van der Waals surface area contributed by atoms with Gasteiger partial charge in [-0.3, -0.25) is 14.5 Å². The molecule has 1 heterocycles. The zero-order chi connectivity index (χ0) is 18.4. The molecule has 1 saturated heterocycles. The Morgan fingerprint density at radius 1 is 1.36 bits per heavy atom. The maximum atomic E-state index is 12.3. The van der Waals surface area contributed by atoms with Gasteiger partial charge in [0.1, 0.15) is 5.75 Å². The third kappa shape index (κ3) is 6.61. The monoisotopic (exact) mass is 359 g/mol. The maximum Gasteiger partial charge on any atom is 0.573 e. The molecule has 1 aliphatic heterocycles. The number of nitrogens with two attached hydrogens (primary N) is 1. The molecule has 0 radical (unpaired) electrons. The molecule has 3 N–H and O–H groups in total. The first-order valence-corrected chi connectivity index (χ1v) is 7.86. The van der Waals surface area contributed by atoms with Gasteiger partial charge >= 0.3 is 6.36 Å². The summed E-state index contributed by atoms with van der Waals surface area (Å²) in [4.78, 5) is 25.1. The van der Waals surface area contributed by atoms with Crippen LogP contribution in [0.25, 0.3) is 0 Å². The zero-order valence-corrected chi connectivity index (χ0v) is 13.5. The van der Waals surface area contributed by atoms with E-state index >= 15 is 0 Å². The SMILES string of the molecule is NC(=O)CN1CCCC(C(=O)NCc2cccc(OC(F)(F)F)c2)C1. The molecule has 1 aromatic carbocycles. The highest BCUT2D eigenvalue weighted by Gasteiger charge is 2.31. The van der Waals surface area contributed by atoms with Gasteiger partial charge in [-0.05, 0) is 37.1 Å². The summed E-state index contributed by atoms with van der Waals surface area (Å²) < 4.78 is 40.5. The Bertz CT molecular complexity index is 622. The number of nitrogens with zero attached hydrogens (tertiary/aromatic N) is 1. The van der Waals surface area contributed by atoms with Gasteiger partial charge in [0.15, 0.2) is 0 Å². The van der Waals surface area contributed by atoms with Gasteiger partial charge in [-0.1, -0.05) is 12.1 Å². The molecule has 1 atom stereocenters. The first-order valence-electron chi connectivity index (χ1n) is 7.86. The highest BCUT2D eigenvalue weighted by molar-refractivity contribution is 5.79. The summed E-state index contributed by atoms with van der Waals surface area (Å²) in [7, 11) is 0. The van der Waals surface area contributed by atoms with Gasteiger partial charge in [0, 0.05) is 13.1 Å². The van der Waals surface area contributed by atoms with E-state index in [0.29, 0.717) is 25.1 Å². The number of alkyl halides is 3. The predicted octanol–water partition coefficient (Wildman–Crippen LogP) is 1.40. The van der Waals surface area contributed by atoms with Crippen LogP contribution in [0, 0.1) is 5.92 Å². The van der Waals surface area contributed by atoms with E-state index in [1.54, 1.807) is 6.07 Å². The molecule has 138 valence electrons. The number of ether oxygens (including phenoxy) is 1. The Kier molecular flexibility index (Phi) is 6.24. The number of carbonyl (C=O) groups excluding carboxylic acids is 2. The third-order valence-corrected chi connectivity index (χ3v) is 3.85. The van der Waals surface area contributed by atoms with Crippen LogP contribution in [0.5, 0.6) is 5.75 Å². The molecule has 1 aliphatic rings. The number of primary amides is 1. The molecule has 1 fully saturated rings. The summed E-state index contributed by atoms with van der Waals surface area (Å²) >= 11 is 0. The van der Waals surface area contributed by atoms with Crippen molar-refractivity contribution in [1.29, 1.82) is 0 Å². The highest BCUT2D eigenvalue weighted by Crippen LogP contribution is 2.23. The van der Waals surface area contributed by atoms with Crippen molar-refractivity contribution in [3.63, 3.8) is 0 Å². The van der Waals surface area contributed by atoms with Crippen molar-refractivity contribution < 1.29 is 27.5 Å². The Morgan fingerprint density at radius 3 is 2.80 bits per heavy atom. The lowest BCUT2D eigenvalue weighted by molar-refractivity contribution is -0.274. The van der Waals surface area contributed by atoms with Crippen LogP contribution in [0.4, 0.5) is 13.2 Å². The van der Waals surface area contributed by atoms with Gasteiger partial charge < -0.3 is 15.8 Å². The minimum Gasteiger partial charge on any atom is -0.406 e. The Balaban J connectivity index is 1.87. The summed E-state index contributed by atoms with van der Waals surface area (Å²) in [5.74, 6) is -1.24. The second kappa shape index (κ2) is 8.19. The quantitative estimate of drug-likeness (QED) is 0.804. The van der Waals surface area contributed by atoms with Crippen molar-refractivity contribution in [2.45, 2.75) is 25.7 Å². The molecule has 0 saturated carbocycles. The van der Waals surface area contributed by atoms with Gasteiger partial charge in [-0.25, -0.2) is 0 Å². The maximum absolute atomic E-state index is 12.3. The molecule has 1 unspecified atom stereocenters. The summed E-state index contributed by atoms with van der Waals surface area (Å²) in [6.07, 6.45) is -3.29. The standard InChI is InChI=1S/C16H20F3N3O3/c17-16(18,19)25-13-5-1-3-11(7-13)8-21-15(24)12-4-2-6-22(9-12)10-14(20)23/h1,3,5,7,12H,2,4,6,8-10H2,(H2,20,23)(H,21,24). The van der Waals surface area contributed by atoms with Crippen LogP contribution >= 0.6 is 0 Å². The van der Waals surface area contributed by atoms with Gasteiger partial charge in [-0.15, -0.1) is 13.2 Å². The number of hydrogen-bond acceptors (Lipinski definition) is 4. The van der Waals surface area contributed by atoms with E-state index in [0.717, 1.165) is 6.42 Å². The summed E-state index contributed by atoms with van der Waals surface area (Å²) in [6, 6.07) is 5.46. The molecule has 9 heteroatoms. The summed E-state index contributed by atoms with van der Waals surface area (Å²) in [5, 5.41) is 2.71. The van der Waals surface area contributed by atoms with E-state index in [4.69, 9.17) is 5.73 Å². The first-order chi connectivity index (χ1) is 11.7. The lowest BCUT2D eigenvalue weighted by Crippen LogP contribution is -2.45. The molecular formula is C16H20F3N3O3. The smallest absolute Gasteiger partial charge is 0.406 e. The Hall–Kier alpha value is -2.29. The normalized spacial score (nSPS) is 18.6. The molecular weight excluding hydrogens is 339 g/mol. The minimum absolute atomic E-state index is 0.0974. The fourth-order valence-electron chi connectivity index (χ4n) is 2.82. The number of halogens is 3. The molecule has 0 spiro atoms. The topological polar surface area (TPSA) is 84.7 Å². The van der Waals surface area contributed by atoms with Crippen molar-refractivity contribution in [2.75, 3.05) is 19.6 Å². The minimum atomic E-state index is -4.76. The molecule has 0 aromatic heterocycles. The van der Waals surface area contributed by atoms with Gasteiger partial charge in [0.25, 0.3) is 0 Å². The van der Waals surface area contributed by atoms with Crippen LogP contribution in [0.15, 0.2) is 24.3 Å². The van der Waals surface area contributed by atoms with Gasteiger partial charge in [0.05, 0.1) is 12.5 Å². The Morgan fingerprint density at radius 2 is 2.12 bits per heavy atom. The number of piperidine rings is 1. The highest BCUT2D eigenvalue weighted by atomic mass is 19.4. The fourth-order valence-corrected chi connectivity index (χ4v) is 2.82. The number of hydrogen-bond donors (Lipinski definition) is 2. The molecule has 2 rings (SSSR count). The molecule has 0 bridgehead atoms. The number of carbonyl (C=O) groups is 2. The summed E-state index contributed by atoms with van der Waals surface area (Å²) in [5.41, 5.74) is 5.66. The molecule has 25 heavy (non-hydrogen) atoms. The summed E-state index contributed by atoms with van der Waals surface area (Å²) in [6.45, 7) is 1.36. The van der Waals surface area contributed by atoms with Crippen LogP contribution in [-0.4, -0.2) is 42.7 Å². The number of nitrogens with one attached hydrogen (secondary N) is 1. The number of amides is 2. The van der Waals surface area contributed by atoms with Crippen LogP contribution in [0.1, 0.15) is 18.4 Å². The van der Waals surface area contributed by atoms with Crippen LogP contribution in [-0.2, 0) is 16.1 Å². The molecule has 6 nitrogen and oxygen atoms in total. The first kappa shape index (κ1) is 19.0. The van der Waals surface area contributed by atoms with E-state index in [1.807, 2.05) is 4.90 Å². The lowest BCUT2D eigenvalue weighted by atomic mass is 9.97. The van der Waals surface area contributed by atoms with Crippen molar-refractivity contribution in [3.05, 3.63) is 29.8 Å². The number of benzene rings is 1. The predicted molar refractivity (Wildman–Crippen MR) is 83.3 cm³/mol. The zero-order valence-electron chi connectivity index (χ0n) is 13.5. The van der Waals surface area contributed by atoms with E-state index < -0.39 is 12.3 Å². The van der Waals surface area contributed by atoms with E-state index in [-0.39, 0.29) is 30.7 Å². The molecule has 0 aliphatic carbocycles. The van der Waals surface area contributed by atoms with Crippen molar-refractivity contribution in [2.24, 2.45) is 11.7 Å². The van der Waals surface area contributed by atoms with E-state index in [2.05, 4.69) is 10.1 Å². The van der Waals surface area contributed by atoms with Crippen molar-refractivity contribution in [1.82, 2.24) is 10.2 Å². The number of likely N-dealkylation sites (tertiary alicyclic amines) is 1. The van der Waals surface area contributed by atoms with Crippen LogP contribution in [0.3, 0.4) is 0 Å². The fraction of sp³-hybridized carbons (Fsp3) is 0.500. The van der Waals surface area contributed by atoms with Crippen molar-refractivity contribution >= 4 is 11.8 Å². The third-order valence-electron chi connectivity index (χ3n) is 3.85. The molecule has 1 aromatic rings. The molecule has 2 amide bonds. The average Bonchev–Trinajstić information content (AvgIpc) is 2.51. The van der Waals surface area contributed by atoms with Gasteiger partial charge in [0.2, 0.25) is 11.8 Å². The van der Waals surface area contributed by atoms with Gasteiger partial charge in [-0.2, -0.15) is 0 Å². The van der Waals surface area contributed by atoms with Crippen LogP contribution in [0.2, 0.25) is 0 Å². The Labute approximate surface area is 143 Å². The lowest BCUT2D eigenvalue weighted by Gasteiger charge is -2.31. The second-order valence-electron chi connectivity index (χ2n) is 5.95. The largest absolute Gasteiger partial charge is 0.573 e.